The minimum Gasteiger partial charge on any atom is -0.547 e. The zero-order valence-electron chi connectivity index (χ0n) is 10.6. The fraction of sp³-hybridized carbons (Fsp3) is 0.333. The molecule has 2 fully saturated rings. The zero-order valence-corrected chi connectivity index (χ0v) is 13.6. The smallest absolute Gasteiger partial charge is 0.547 e. The first kappa shape index (κ1) is 21.3. The molecule has 0 spiro atoms. The number of carbonyl (C=O) groups excluding carboxylic acids is 6. The van der Waals surface area contributed by atoms with Crippen LogP contribution in [0, 0.1) is 0 Å². The topological polar surface area (TPSA) is 179 Å². The number of hydrogen-bond acceptors (Lipinski definition) is 8. The maximum absolute atomic E-state index is 11.4. The fourth-order valence-corrected chi connectivity index (χ4v) is 1.93. The molecule has 2 unspecified atom stereocenters. The van der Waals surface area contributed by atoms with Gasteiger partial charge >= 0.3 is 56.8 Å². The molecule has 2 aliphatic heterocycles. The molecule has 6 amide bonds. The third-order valence-electron chi connectivity index (χ3n) is 2.85. The van der Waals surface area contributed by atoms with Crippen LogP contribution in [0.5, 0.6) is 0 Å². The Balaban J connectivity index is 0.00000242. The van der Waals surface area contributed by atoms with Crippen molar-refractivity contribution in [2.75, 3.05) is 6.67 Å². The van der Waals surface area contributed by atoms with Crippen LogP contribution in [0.25, 0.3) is 0 Å². The zero-order chi connectivity index (χ0) is 15.9. The van der Waals surface area contributed by atoms with E-state index in [1.54, 1.807) is 10.6 Å². The second kappa shape index (κ2) is 7.72. The van der Waals surface area contributed by atoms with E-state index in [0.29, 0.717) is 9.80 Å². The van der Waals surface area contributed by atoms with Gasteiger partial charge < -0.3 is 19.8 Å². The van der Waals surface area contributed by atoms with E-state index in [1.165, 1.54) is 0 Å². The predicted octanol–water partition coefficient (Wildman–Crippen LogP) is -5.72. The van der Waals surface area contributed by atoms with Gasteiger partial charge in [0.1, 0.15) is 6.67 Å². The van der Waals surface area contributed by atoms with Crippen molar-refractivity contribution < 1.29 is 83.7 Å². The van der Waals surface area contributed by atoms with Crippen LogP contribution in [0.2, 0.25) is 0 Å². The van der Waals surface area contributed by atoms with E-state index in [4.69, 9.17) is 0 Å². The molecule has 12 nitrogen and oxygen atoms in total. The Morgan fingerprint density at radius 2 is 1.13 bits per heavy atom. The molecule has 2 aliphatic rings. The fourth-order valence-electron chi connectivity index (χ4n) is 1.93. The molecule has 0 aromatic heterocycles. The molecular formula is C9H6Ag2N4O8. The summed E-state index contributed by atoms with van der Waals surface area (Å²) in [5, 5.41) is 25.0. The summed E-state index contributed by atoms with van der Waals surface area (Å²) in [6.45, 7) is -0.924. The van der Waals surface area contributed by atoms with Crippen molar-refractivity contribution in [3.63, 3.8) is 0 Å². The first-order valence-corrected chi connectivity index (χ1v) is 5.38. The molecule has 0 aromatic carbocycles. The summed E-state index contributed by atoms with van der Waals surface area (Å²) in [5.74, 6) is -6.24. The molecule has 0 saturated carbocycles. The molecule has 14 heteroatoms. The maximum Gasteiger partial charge on any atom is 1.00 e. The number of carboxylic acid groups (broad SMARTS) is 2. The predicted molar refractivity (Wildman–Crippen MR) is 53.2 cm³/mol. The molecule has 23 heavy (non-hydrogen) atoms. The SMILES string of the molecule is O=C([O-])C1C(=O)NC(=O)N1CN1C(=O)NC(=O)C1C(=O)[O-].[Ag+].[Ag+]. The number of aliphatic carboxylic acids is 2. The number of hydrogen-bond donors (Lipinski definition) is 2. The third kappa shape index (κ3) is 3.80. The third-order valence-corrected chi connectivity index (χ3v) is 2.85. The van der Waals surface area contributed by atoms with Gasteiger partial charge in [-0.25, -0.2) is 9.59 Å². The van der Waals surface area contributed by atoms with E-state index in [1.807, 2.05) is 0 Å². The van der Waals surface area contributed by atoms with Crippen LogP contribution in [0.4, 0.5) is 9.59 Å². The summed E-state index contributed by atoms with van der Waals surface area (Å²) in [6.07, 6.45) is 0. The van der Waals surface area contributed by atoms with Crippen molar-refractivity contribution in [3.05, 3.63) is 0 Å². The largest absolute Gasteiger partial charge is 1.00 e. The monoisotopic (exact) mass is 512 g/mol. The van der Waals surface area contributed by atoms with Crippen molar-refractivity contribution in [2.45, 2.75) is 12.1 Å². The van der Waals surface area contributed by atoms with Gasteiger partial charge in [0.05, 0.1) is 11.9 Å². The van der Waals surface area contributed by atoms with Gasteiger partial charge in [0.25, 0.3) is 11.8 Å². The van der Waals surface area contributed by atoms with Gasteiger partial charge in [-0.2, -0.15) is 0 Å². The van der Waals surface area contributed by atoms with Crippen LogP contribution in [0.3, 0.4) is 0 Å². The molecule has 2 atom stereocenters. The minimum atomic E-state index is -2.04. The Bertz CT molecular complexity index is 546. The number of urea groups is 2. The molecule has 0 aromatic rings. The Morgan fingerprint density at radius 3 is 1.39 bits per heavy atom. The Labute approximate surface area is 158 Å². The van der Waals surface area contributed by atoms with Gasteiger partial charge in [-0.05, 0) is 0 Å². The van der Waals surface area contributed by atoms with Gasteiger partial charge in [0.2, 0.25) is 0 Å². The number of nitrogens with zero attached hydrogens (tertiary/aromatic N) is 2. The van der Waals surface area contributed by atoms with E-state index in [-0.39, 0.29) is 44.8 Å². The molecule has 2 rings (SSSR count). The first-order valence-electron chi connectivity index (χ1n) is 5.38. The Kier molecular flexibility index (Phi) is 7.15. The normalized spacial score (nSPS) is 23.0. The summed E-state index contributed by atoms with van der Waals surface area (Å²) in [5.41, 5.74) is 0. The van der Waals surface area contributed by atoms with Crippen molar-refractivity contribution in [1.82, 2.24) is 20.4 Å². The number of nitrogens with one attached hydrogen (secondary N) is 2. The van der Waals surface area contributed by atoms with Crippen LogP contribution in [0.1, 0.15) is 0 Å². The Hall–Kier alpha value is -1.70. The maximum atomic E-state index is 11.4. The number of carbonyl (C=O) groups is 6. The van der Waals surface area contributed by atoms with Gasteiger partial charge in [-0.15, -0.1) is 0 Å². The number of rotatable bonds is 4. The van der Waals surface area contributed by atoms with Crippen LogP contribution in [-0.2, 0) is 63.9 Å². The average molecular weight is 514 g/mol. The van der Waals surface area contributed by atoms with E-state index in [2.05, 4.69) is 0 Å². The quantitative estimate of drug-likeness (QED) is 0.212. The van der Waals surface area contributed by atoms with Crippen molar-refractivity contribution in [3.8, 4) is 0 Å². The molecule has 2 heterocycles. The summed E-state index contributed by atoms with van der Waals surface area (Å²) in [6, 6.07) is -6.41. The van der Waals surface area contributed by atoms with Gasteiger partial charge in [-0.1, -0.05) is 0 Å². The van der Waals surface area contributed by atoms with E-state index >= 15 is 0 Å². The van der Waals surface area contributed by atoms with Crippen molar-refractivity contribution >= 4 is 35.8 Å². The standard InChI is InChI=1S/C9H8N4O8.2Ag/c14-4-2(6(16)17)12(8(20)10-4)1-13-3(7(18)19)5(15)11-9(13)21;;/h2-3H,1H2,(H,16,17)(H,18,19)(H,10,14,20)(H,11,15,21);;/q;2*+1/p-2. The molecule has 132 valence electrons. The van der Waals surface area contributed by atoms with Crippen LogP contribution in [-0.4, -0.2) is 64.4 Å². The van der Waals surface area contributed by atoms with E-state index in [9.17, 15) is 39.0 Å². The summed E-state index contributed by atoms with van der Waals surface area (Å²) in [7, 11) is 0. The van der Waals surface area contributed by atoms with Crippen molar-refractivity contribution in [1.29, 1.82) is 0 Å². The van der Waals surface area contributed by atoms with Gasteiger partial charge in [0, 0.05) is 0 Å². The van der Waals surface area contributed by atoms with Crippen molar-refractivity contribution in [2.24, 2.45) is 0 Å². The number of imide groups is 2. The molecule has 0 aliphatic carbocycles. The van der Waals surface area contributed by atoms with Crippen LogP contribution < -0.4 is 20.8 Å². The second-order valence-electron chi connectivity index (χ2n) is 4.11. The average Bonchev–Trinajstić information content (AvgIpc) is 2.77. The number of amides is 6. The van der Waals surface area contributed by atoms with E-state index < -0.39 is 54.6 Å². The molecule has 2 saturated heterocycles. The summed E-state index contributed by atoms with van der Waals surface area (Å²) < 4.78 is 0. The van der Waals surface area contributed by atoms with Crippen LogP contribution >= 0.6 is 0 Å². The minimum absolute atomic E-state index is 0. The number of carboxylic acids is 2. The molecular weight excluding hydrogens is 508 g/mol. The van der Waals surface area contributed by atoms with Gasteiger partial charge in [0.15, 0.2) is 12.1 Å². The second-order valence-corrected chi connectivity index (χ2v) is 4.11. The van der Waals surface area contributed by atoms with E-state index in [0.717, 1.165) is 0 Å². The molecule has 2 N–H and O–H groups in total. The first-order chi connectivity index (χ1) is 9.73. The van der Waals surface area contributed by atoms with Crippen LogP contribution in [0.15, 0.2) is 0 Å². The molecule has 0 bridgehead atoms. The Morgan fingerprint density at radius 1 is 0.826 bits per heavy atom. The summed E-state index contributed by atoms with van der Waals surface area (Å²) in [4.78, 5) is 67.8. The summed E-state index contributed by atoms with van der Waals surface area (Å²) >= 11 is 0. The van der Waals surface area contributed by atoms with Gasteiger partial charge in [-0.3, -0.25) is 30.0 Å². The molecule has 0 radical (unpaired) electrons.